The van der Waals surface area contributed by atoms with E-state index in [1.54, 1.807) is 26.3 Å². The van der Waals surface area contributed by atoms with Gasteiger partial charge in [0.05, 0.1) is 32.5 Å². The van der Waals surface area contributed by atoms with Crippen molar-refractivity contribution in [2.24, 2.45) is 5.92 Å². The van der Waals surface area contributed by atoms with Crippen molar-refractivity contribution in [1.82, 2.24) is 18.5 Å². The Morgan fingerprint density at radius 2 is 1.80 bits per heavy atom. The summed E-state index contributed by atoms with van der Waals surface area (Å²) in [5.74, 6) is -2.54. The topological polar surface area (TPSA) is 93.1 Å². The molecule has 3 heterocycles. The monoisotopic (exact) mass is 630 g/mol. The Hall–Kier alpha value is -3.22. The minimum Gasteiger partial charge on any atom is -0.497 e. The zero-order chi connectivity index (χ0) is 31.2. The number of hydrogen-bond acceptors (Lipinski definition) is 6. The molecule has 0 saturated heterocycles. The van der Waals surface area contributed by atoms with Gasteiger partial charge in [-0.15, -0.1) is 0 Å². The number of carbonyl (C=O) groups excluding carboxylic acids is 1. The van der Waals surface area contributed by atoms with Gasteiger partial charge in [0.2, 0.25) is 0 Å². The zero-order valence-corrected chi connectivity index (χ0v) is 26.3. The second-order valence-corrected chi connectivity index (χ2v) is 14.3. The normalized spacial score (nSPS) is 23.5. The predicted octanol–water partition coefficient (Wildman–Crippen LogP) is 5.25. The van der Waals surface area contributed by atoms with E-state index in [9.17, 15) is 13.2 Å². The Labute approximate surface area is 257 Å². The molecule has 1 aromatic heterocycles. The average Bonchev–Trinajstić information content (AvgIpc) is 3.28. The number of hydrogen-bond donors (Lipinski definition) is 1. The highest BCUT2D eigenvalue weighted by Crippen LogP contribution is 2.48. The van der Waals surface area contributed by atoms with Crippen molar-refractivity contribution in [3.05, 3.63) is 47.5 Å². The highest BCUT2D eigenvalue weighted by atomic mass is 32.2. The minimum atomic E-state index is -4.51. The fourth-order valence-electron chi connectivity index (χ4n) is 7.03. The lowest BCUT2D eigenvalue weighted by Gasteiger charge is -2.30. The molecule has 2 aliphatic heterocycles. The van der Waals surface area contributed by atoms with Gasteiger partial charge >= 0.3 is 10.2 Å². The summed E-state index contributed by atoms with van der Waals surface area (Å²) < 4.78 is 72.7. The van der Waals surface area contributed by atoms with Gasteiger partial charge in [0.25, 0.3) is 11.8 Å². The lowest BCUT2D eigenvalue weighted by Crippen LogP contribution is -2.49. The van der Waals surface area contributed by atoms with Gasteiger partial charge in [-0.05, 0) is 68.6 Å². The van der Waals surface area contributed by atoms with E-state index in [0.717, 1.165) is 54.9 Å². The van der Waals surface area contributed by atoms with Gasteiger partial charge in [0, 0.05) is 47.6 Å². The predicted molar refractivity (Wildman–Crippen MR) is 165 cm³/mol. The first-order valence-corrected chi connectivity index (χ1v) is 16.7. The molecule has 3 aliphatic rings. The molecule has 12 heteroatoms. The Balaban J connectivity index is 1.57. The van der Waals surface area contributed by atoms with Crippen LogP contribution in [0.1, 0.15) is 60.4 Å². The molecule has 2 aromatic carbocycles. The Bertz CT molecular complexity index is 1670. The molecule has 6 rings (SSSR count). The smallest absolute Gasteiger partial charge is 0.304 e. The molecule has 3 aromatic rings. The van der Waals surface area contributed by atoms with Crippen molar-refractivity contribution in [1.29, 1.82) is 0 Å². The van der Waals surface area contributed by atoms with Gasteiger partial charge in [0.1, 0.15) is 11.5 Å². The number of ether oxygens (including phenoxy) is 2. The van der Waals surface area contributed by atoms with Gasteiger partial charge in [-0.1, -0.05) is 25.3 Å². The molecular weight excluding hydrogens is 590 g/mol. The third-order valence-electron chi connectivity index (χ3n) is 9.24. The SMILES string of the molecule is COc1ccc2c(c1)OC[C@@H]1CCN(C)CC(F)(F)CN(C)S(=O)(=O)NC(=O)c3ccc4c(C5CCCCC5)c-2n(c4c3)C1. The molecule has 0 radical (unpaired) electrons. The number of nitrogens with zero attached hydrogens (tertiary/aromatic N) is 3. The number of rotatable bonds is 2. The summed E-state index contributed by atoms with van der Waals surface area (Å²) in [6.45, 7) is -0.375. The Morgan fingerprint density at radius 3 is 2.55 bits per heavy atom. The van der Waals surface area contributed by atoms with E-state index in [1.807, 2.05) is 29.0 Å². The van der Waals surface area contributed by atoms with Gasteiger partial charge < -0.3 is 18.9 Å². The van der Waals surface area contributed by atoms with Gasteiger partial charge in [-0.3, -0.25) is 4.79 Å². The molecule has 1 atom stereocenters. The van der Waals surface area contributed by atoms with E-state index in [2.05, 4.69) is 4.57 Å². The van der Waals surface area contributed by atoms with E-state index in [-0.39, 0.29) is 11.5 Å². The largest absolute Gasteiger partial charge is 0.497 e. The highest BCUT2D eigenvalue weighted by Gasteiger charge is 2.37. The lowest BCUT2D eigenvalue weighted by atomic mass is 9.81. The third-order valence-corrected chi connectivity index (χ3v) is 10.6. The van der Waals surface area contributed by atoms with E-state index >= 15 is 8.78 Å². The molecule has 44 heavy (non-hydrogen) atoms. The van der Waals surface area contributed by atoms with E-state index in [4.69, 9.17) is 9.47 Å². The summed E-state index contributed by atoms with van der Waals surface area (Å²) in [5.41, 5.74) is 4.17. The maximum absolute atomic E-state index is 15.0. The molecule has 1 N–H and O–H groups in total. The summed E-state index contributed by atoms with van der Waals surface area (Å²) in [6, 6.07) is 11.1. The van der Waals surface area contributed by atoms with Crippen molar-refractivity contribution in [3.63, 3.8) is 0 Å². The maximum Gasteiger partial charge on any atom is 0.304 e. The number of fused-ring (bicyclic) bond motifs is 4. The number of benzene rings is 2. The fraction of sp³-hybridized carbons (Fsp3) is 0.531. The summed E-state index contributed by atoms with van der Waals surface area (Å²) in [4.78, 5) is 14.9. The van der Waals surface area contributed by atoms with Crippen molar-refractivity contribution < 1.29 is 31.5 Å². The molecule has 1 fully saturated rings. The second-order valence-electron chi connectivity index (χ2n) is 12.6. The van der Waals surface area contributed by atoms with E-state index < -0.39 is 35.1 Å². The van der Waals surface area contributed by atoms with Gasteiger partial charge in [0.15, 0.2) is 0 Å². The highest BCUT2D eigenvalue weighted by molar-refractivity contribution is 7.87. The maximum atomic E-state index is 15.0. The molecule has 0 spiro atoms. The van der Waals surface area contributed by atoms with Crippen molar-refractivity contribution in [2.45, 2.75) is 56.9 Å². The van der Waals surface area contributed by atoms with Crippen LogP contribution in [0.25, 0.3) is 22.2 Å². The van der Waals surface area contributed by atoms with Crippen LogP contribution < -0.4 is 14.2 Å². The summed E-state index contributed by atoms with van der Waals surface area (Å²) in [5, 5.41) is 1.03. The summed E-state index contributed by atoms with van der Waals surface area (Å²) >= 11 is 0. The number of carbonyl (C=O) groups is 1. The molecule has 9 nitrogen and oxygen atoms in total. The molecule has 1 amide bonds. The van der Waals surface area contributed by atoms with Crippen LogP contribution in [0.3, 0.4) is 0 Å². The molecule has 0 unspecified atom stereocenters. The molecule has 1 saturated carbocycles. The first kappa shape index (κ1) is 30.8. The van der Waals surface area contributed by atoms with Crippen LogP contribution in [0.15, 0.2) is 36.4 Å². The Kier molecular flexibility index (Phi) is 8.36. The van der Waals surface area contributed by atoms with Crippen LogP contribution in [-0.4, -0.2) is 81.5 Å². The number of alkyl halides is 2. The minimum absolute atomic E-state index is 0.0209. The number of nitrogens with one attached hydrogen (secondary N) is 1. The van der Waals surface area contributed by atoms with Crippen LogP contribution in [0.2, 0.25) is 0 Å². The molecular formula is C32H40F2N4O5S. The Morgan fingerprint density at radius 1 is 1.02 bits per heavy atom. The number of aromatic nitrogens is 1. The van der Waals surface area contributed by atoms with E-state index in [0.29, 0.717) is 47.8 Å². The number of halogens is 2. The van der Waals surface area contributed by atoms with Crippen LogP contribution in [0.5, 0.6) is 11.5 Å². The number of amides is 1. The summed E-state index contributed by atoms with van der Waals surface area (Å²) in [7, 11) is -0.236. The van der Waals surface area contributed by atoms with Crippen molar-refractivity contribution in [2.75, 3.05) is 47.4 Å². The lowest BCUT2D eigenvalue weighted by molar-refractivity contribution is -0.0375. The van der Waals surface area contributed by atoms with Gasteiger partial charge in [-0.2, -0.15) is 12.7 Å². The molecule has 1 aliphatic carbocycles. The molecule has 238 valence electrons. The first-order valence-electron chi connectivity index (χ1n) is 15.3. The van der Waals surface area contributed by atoms with Gasteiger partial charge in [-0.25, -0.2) is 13.5 Å². The van der Waals surface area contributed by atoms with Crippen LogP contribution in [0, 0.1) is 5.92 Å². The van der Waals surface area contributed by atoms with E-state index in [1.165, 1.54) is 16.9 Å². The second kappa shape index (κ2) is 11.9. The fourth-order valence-corrected chi connectivity index (χ4v) is 7.90. The number of methoxy groups -OCH3 is 1. The third kappa shape index (κ3) is 6.03. The quantitative estimate of drug-likeness (QED) is 0.416. The van der Waals surface area contributed by atoms with Crippen molar-refractivity contribution >= 4 is 27.0 Å². The van der Waals surface area contributed by atoms with Crippen LogP contribution in [-0.2, 0) is 16.8 Å². The van der Waals surface area contributed by atoms with Crippen LogP contribution in [0.4, 0.5) is 8.78 Å². The van der Waals surface area contributed by atoms with Crippen LogP contribution >= 0.6 is 0 Å². The average molecular weight is 631 g/mol. The zero-order valence-electron chi connectivity index (χ0n) is 25.4. The first-order chi connectivity index (χ1) is 21.0. The summed E-state index contributed by atoms with van der Waals surface area (Å²) in [6.07, 6.45) is 6.14. The standard InChI is InChI=1S/C32H40F2N4O5S/c1-36-14-13-21-17-38-27-15-23(31(39)35-44(40,41)37(2)20-32(33,34)19-36)9-11-25(27)29(22-7-5-4-6-8-22)30(38)26-12-10-24(42-3)16-28(26)43-18-21/h9-12,15-16,21-22H,4-8,13-14,17-20H2,1-3H3,(H,35,39)/t21-/m1/s1. The molecule has 4 bridgehead atoms. The van der Waals surface area contributed by atoms with Crippen molar-refractivity contribution in [3.8, 4) is 22.8 Å².